The van der Waals surface area contributed by atoms with E-state index >= 15 is 0 Å². The van der Waals surface area contributed by atoms with Crippen LogP contribution < -0.4 is 5.32 Å². The molecule has 1 fully saturated rings. The van der Waals surface area contributed by atoms with E-state index in [1.165, 1.54) is 6.42 Å². The lowest BCUT2D eigenvalue weighted by molar-refractivity contribution is 0.0111. The molecular formula is C17H31NO3. The van der Waals surface area contributed by atoms with Crippen LogP contribution in [-0.2, 0) is 4.74 Å². The van der Waals surface area contributed by atoms with Crippen LogP contribution in [0.5, 0.6) is 0 Å². The van der Waals surface area contributed by atoms with E-state index in [2.05, 4.69) is 24.4 Å². The predicted octanol–water partition coefficient (Wildman–Crippen LogP) is 1.72. The summed E-state index contributed by atoms with van der Waals surface area (Å²) in [6, 6.07) is 0.355. The zero-order valence-electron chi connectivity index (χ0n) is 13.2. The van der Waals surface area contributed by atoms with E-state index in [9.17, 15) is 10.2 Å². The van der Waals surface area contributed by atoms with Crippen molar-refractivity contribution in [2.45, 2.75) is 51.2 Å². The number of rotatable bonds is 8. The van der Waals surface area contributed by atoms with E-state index < -0.39 is 6.10 Å². The van der Waals surface area contributed by atoms with Gasteiger partial charge in [0.1, 0.15) is 0 Å². The van der Waals surface area contributed by atoms with Crippen molar-refractivity contribution >= 4 is 0 Å². The van der Waals surface area contributed by atoms with Crippen LogP contribution in [-0.4, -0.2) is 48.7 Å². The second kappa shape index (κ2) is 8.89. The Morgan fingerprint density at radius 3 is 2.81 bits per heavy atom. The first-order valence-corrected chi connectivity index (χ1v) is 8.45. The molecule has 0 radical (unpaired) electrons. The Hall–Kier alpha value is -0.420. The van der Waals surface area contributed by atoms with Gasteiger partial charge in [0.05, 0.1) is 19.3 Å². The Labute approximate surface area is 128 Å². The number of ether oxygens (including phenoxy) is 1. The Morgan fingerprint density at radius 1 is 1.24 bits per heavy atom. The maximum atomic E-state index is 10.00. The Bertz CT molecular complexity index is 321. The molecule has 4 heteroatoms. The quantitative estimate of drug-likeness (QED) is 0.597. The maximum Gasteiger partial charge on any atom is 0.0897 e. The van der Waals surface area contributed by atoms with Crippen LogP contribution in [0.25, 0.3) is 0 Å². The monoisotopic (exact) mass is 297 g/mol. The van der Waals surface area contributed by atoms with E-state index in [4.69, 9.17) is 4.74 Å². The van der Waals surface area contributed by atoms with Gasteiger partial charge in [0.2, 0.25) is 0 Å². The topological polar surface area (TPSA) is 61.7 Å². The van der Waals surface area contributed by atoms with Gasteiger partial charge in [0.25, 0.3) is 0 Å². The van der Waals surface area contributed by atoms with Crippen LogP contribution in [0, 0.1) is 17.8 Å². The average molecular weight is 297 g/mol. The van der Waals surface area contributed by atoms with Crippen molar-refractivity contribution in [1.82, 2.24) is 5.32 Å². The number of aliphatic hydroxyl groups is 2. The lowest BCUT2D eigenvalue weighted by Crippen LogP contribution is -2.40. The first kappa shape index (κ1) is 16.9. The molecule has 0 aliphatic heterocycles. The van der Waals surface area contributed by atoms with E-state index in [1.807, 2.05) is 0 Å². The molecule has 0 spiro atoms. The predicted molar refractivity (Wildman–Crippen MR) is 84.1 cm³/mol. The molecule has 3 N–H and O–H groups in total. The van der Waals surface area contributed by atoms with E-state index in [0.29, 0.717) is 36.9 Å². The summed E-state index contributed by atoms with van der Waals surface area (Å²) in [5, 5.41) is 22.7. The third kappa shape index (κ3) is 5.37. The van der Waals surface area contributed by atoms with Gasteiger partial charge in [-0.15, -0.1) is 0 Å². The number of hydrogen-bond donors (Lipinski definition) is 3. The molecule has 1 saturated carbocycles. The van der Waals surface area contributed by atoms with Gasteiger partial charge < -0.3 is 20.3 Å². The van der Waals surface area contributed by atoms with Crippen LogP contribution in [0.1, 0.15) is 39.0 Å². The molecule has 0 amide bonds. The molecule has 2 rings (SSSR count). The second-order valence-electron chi connectivity index (χ2n) is 6.76. The van der Waals surface area contributed by atoms with Gasteiger partial charge in [-0.05, 0) is 43.4 Å². The molecule has 122 valence electrons. The number of nitrogens with one attached hydrogen (secondary N) is 1. The van der Waals surface area contributed by atoms with Gasteiger partial charge in [-0.25, -0.2) is 0 Å². The fraction of sp³-hybridized carbons (Fsp3) is 0.882. The first-order valence-electron chi connectivity index (χ1n) is 8.45. The average Bonchev–Trinajstić information content (AvgIpc) is 2.94. The Balaban J connectivity index is 1.57. The minimum Gasteiger partial charge on any atom is -0.396 e. The van der Waals surface area contributed by atoms with E-state index in [-0.39, 0.29) is 6.61 Å². The van der Waals surface area contributed by atoms with Gasteiger partial charge in [0.15, 0.2) is 0 Å². The third-order valence-electron chi connectivity index (χ3n) is 5.07. The summed E-state index contributed by atoms with van der Waals surface area (Å²) >= 11 is 0. The zero-order valence-corrected chi connectivity index (χ0v) is 13.2. The molecule has 2 aliphatic carbocycles. The standard InChI is InChI=1S/C17H31NO3/c1-13-5-2-3-6-15(13)11-21-12-16(20)9-18-17-8-4-7-14(17)10-19/h2-3,13-20H,4-12H2,1H3. The molecule has 21 heavy (non-hydrogen) atoms. The van der Waals surface area contributed by atoms with Crippen LogP contribution in [0.3, 0.4) is 0 Å². The molecule has 0 aromatic carbocycles. The Kier molecular flexibility index (Phi) is 7.17. The summed E-state index contributed by atoms with van der Waals surface area (Å²) in [4.78, 5) is 0. The SMILES string of the molecule is CC1CC=CCC1COCC(O)CNC1CCCC1CO. The maximum absolute atomic E-state index is 10.00. The summed E-state index contributed by atoms with van der Waals surface area (Å²) in [5.74, 6) is 1.62. The number of aliphatic hydroxyl groups excluding tert-OH is 2. The molecule has 4 nitrogen and oxygen atoms in total. The highest BCUT2D eigenvalue weighted by Crippen LogP contribution is 2.26. The van der Waals surface area contributed by atoms with E-state index in [1.54, 1.807) is 0 Å². The van der Waals surface area contributed by atoms with Crippen molar-refractivity contribution in [3.63, 3.8) is 0 Å². The minimum absolute atomic E-state index is 0.247. The van der Waals surface area contributed by atoms with Crippen molar-refractivity contribution in [1.29, 1.82) is 0 Å². The largest absolute Gasteiger partial charge is 0.396 e. The fourth-order valence-electron chi connectivity index (χ4n) is 3.46. The van der Waals surface area contributed by atoms with Crippen LogP contribution in [0.2, 0.25) is 0 Å². The molecule has 0 aromatic heterocycles. The first-order chi connectivity index (χ1) is 10.2. The Morgan fingerprint density at radius 2 is 2.05 bits per heavy atom. The normalized spacial score (nSPS) is 34.2. The van der Waals surface area contributed by atoms with Gasteiger partial charge in [-0.3, -0.25) is 0 Å². The highest BCUT2D eigenvalue weighted by molar-refractivity contribution is 4.93. The smallest absolute Gasteiger partial charge is 0.0897 e. The minimum atomic E-state index is -0.459. The van der Waals surface area contributed by atoms with E-state index in [0.717, 1.165) is 32.3 Å². The van der Waals surface area contributed by atoms with Gasteiger partial charge in [-0.2, -0.15) is 0 Å². The van der Waals surface area contributed by atoms with Gasteiger partial charge in [0, 0.05) is 19.2 Å². The number of allylic oxidation sites excluding steroid dienone is 2. The molecular weight excluding hydrogens is 266 g/mol. The highest BCUT2D eigenvalue weighted by atomic mass is 16.5. The van der Waals surface area contributed by atoms with Crippen LogP contribution >= 0.6 is 0 Å². The van der Waals surface area contributed by atoms with Gasteiger partial charge >= 0.3 is 0 Å². The summed E-state index contributed by atoms with van der Waals surface area (Å²) in [7, 11) is 0. The fourth-order valence-corrected chi connectivity index (χ4v) is 3.46. The van der Waals surface area contributed by atoms with Crippen LogP contribution in [0.4, 0.5) is 0 Å². The van der Waals surface area contributed by atoms with Gasteiger partial charge in [-0.1, -0.05) is 25.5 Å². The lowest BCUT2D eigenvalue weighted by Gasteiger charge is -2.26. The molecule has 5 atom stereocenters. The molecule has 0 bridgehead atoms. The van der Waals surface area contributed by atoms with Crippen molar-refractivity contribution in [3.8, 4) is 0 Å². The highest BCUT2D eigenvalue weighted by Gasteiger charge is 2.26. The zero-order chi connectivity index (χ0) is 15.1. The third-order valence-corrected chi connectivity index (χ3v) is 5.07. The molecule has 2 aliphatic rings. The number of hydrogen-bond acceptors (Lipinski definition) is 4. The molecule has 5 unspecified atom stereocenters. The van der Waals surface area contributed by atoms with Crippen LogP contribution in [0.15, 0.2) is 12.2 Å². The van der Waals surface area contributed by atoms with Crippen molar-refractivity contribution in [2.24, 2.45) is 17.8 Å². The molecule has 0 heterocycles. The van der Waals surface area contributed by atoms with Crippen molar-refractivity contribution in [2.75, 3.05) is 26.4 Å². The van der Waals surface area contributed by atoms with Crippen molar-refractivity contribution in [3.05, 3.63) is 12.2 Å². The second-order valence-corrected chi connectivity index (χ2v) is 6.76. The summed E-state index contributed by atoms with van der Waals surface area (Å²) in [5.41, 5.74) is 0. The van der Waals surface area contributed by atoms with Crippen molar-refractivity contribution < 1.29 is 14.9 Å². The summed E-state index contributed by atoms with van der Waals surface area (Å²) < 4.78 is 5.70. The lowest BCUT2D eigenvalue weighted by atomic mass is 9.85. The summed E-state index contributed by atoms with van der Waals surface area (Å²) in [6.45, 7) is 4.21. The molecule has 0 aromatic rings. The molecule has 0 saturated heterocycles. The summed E-state index contributed by atoms with van der Waals surface area (Å²) in [6.07, 6.45) is 9.62.